The van der Waals surface area contributed by atoms with Crippen LogP contribution in [0.4, 0.5) is 0 Å². The summed E-state index contributed by atoms with van der Waals surface area (Å²) in [5, 5.41) is 2.91. The first-order valence-corrected chi connectivity index (χ1v) is 7.04. The zero-order chi connectivity index (χ0) is 15.0. The van der Waals surface area contributed by atoms with E-state index in [2.05, 4.69) is 19.2 Å². The number of nitrogens with one attached hydrogen (secondary N) is 1. The van der Waals surface area contributed by atoms with E-state index < -0.39 is 0 Å². The van der Waals surface area contributed by atoms with Crippen LogP contribution in [0.5, 0.6) is 0 Å². The van der Waals surface area contributed by atoms with Crippen LogP contribution in [0.1, 0.15) is 44.0 Å². The molecule has 1 rings (SSSR count). The van der Waals surface area contributed by atoms with Gasteiger partial charge in [-0.3, -0.25) is 9.59 Å². The molecule has 0 saturated heterocycles. The van der Waals surface area contributed by atoms with Crippen molar-refractivity contribution in [3.63, 3.8) is 0 Å². The molecule has 1 aromatic rings. The fraction of sp³-hybridized carbons (Fsp3) is 0.500. The van der Waals surface area contributed by atoms with Crippen molar-refractivity contribution in [3.05, 3.63) is 35.9 Å². The molecule has 0 bridgehead atoms. The normalized spacial score (nSPS) is 12.0. The van der Waals surface area contributed by atoms with Gasteiger partial charge in [-0.05, 0) is 31.4 Å². The van der Waals surface area contributed by atoms with Gasteiger partial charge in [-0.25, -0.2) is 0 Å². The van der Waals surface area contributed by atoms with Crippen molar-refractivity contribution in [1.29, 1.82) is 0 Å². The van der Waals surface area contributed by atoms with Gasteiger partial charge in [0.1, 0.15) is 0 Å². The second-order valence-corrected chi connectivity index (χ2v) is 5.18. The Morgan fingerprint density at radius 3 is 2.40 bits per heavy atom. The summed E-state index contributed by atoms with van der Waals surface area (Å²) in [4.78, 5) is 23.7. The van der Waals surface area contributed by atoms with Crippen LogP contribution in [0.3, 0.4) is 0 Å². The zero-order valence-electron chi connectivity index (χ0n) is 12.4. The molecule has 0 radical (unpaired) electrons. The molecular weight excluding hydrogens is 254 g/mol. The third-order valence-electron chi connectivity index (χ3n) is 2.85. The van der Waals surface area contributed by atoms with E-state index in [1.165, 1.54) is 0 Å². The zero-order valence-corrected chi connectivity index (χ0v) is 12.4. The van der Waals surface area contributed by atoms with Crippen LogP contribution in [0.2, 0.25) is 0 Å². The van der Waals surface area contributed by atoms with Crippen LogP contribution in [-0.4, -0.2) is 24.5 Å². The third-order valence-corrected chi connectivity index (χ3v) is 2.85. The second-order valence-electron chi connectivity index (χ2n) is 5.18. The van der Waals surface area contributed by atoms with Crippen LogP contribution in [0.15, 0.2) is 30.3 Å². The Morgan fingerprint density at radius 2 is 1.85 bits per heavy atom. The standard InChI is InChI=1S/C16H23NO3/c1-4-20-15(18)11-14(10-12(2)3)17-16(19)13-8-6-5-7-9-13/h5-9,12,14H,4,10-11H2,1-3H3,(H,17,19). The molecular formula is C16H23NO3. The molecule has 110 valence electrons. The average molecular weight is 277 g/mol. The SMILES string of the molecule is CCOC(=O)CC(CC(C)C)NC(=O)c1ccccc1. The van der Waals surface area contributed by atoms with Gasteiger partial charge in [-0.2, -0.15) is 0 Å². The number of esters is 1. The van der Waals surface area contributed by atoms with E-state index in [0.717, 1.165) is 6.42 Å². The maximum Gasteiger partial charge on any atom is 0.307 e. The second kappa shape index (κ2) is 8.35. The van der Waals surface area contributed by atoms with E-state index in [0.29, 0.717) is 18.1 Å². The molecule has 0 fully saturated rings. The molecule has 1 aromatic carbocycles. The number of benzene rings is 1. The number of hydrogen-bond acceptors (Lipinski definition) is 3. The smallest absolute Gasteiger partial charge is 0.307 e. The van der Waals surface area contributed by atoms with E-state index in [-0.39, 0.29) is 24.3 Å². The Bertz CT molecular complexity index is 429. The van der Waals surface area contributed by atoms with Gasteiger partial charge >= 0.3 is 5.97 Å². The lowest BCUT2D eigenvalue weighted by molar-refractivity contribution is -0.143. The van der Waals surface area contributed by atoms with E-state index >= 15 is 0 Å². The maximum absolute atomic E-state index is 12.1. The molecule has 1 atom stereocenters. The highest BCUT2D eigenvalue weighted by Crippen LogP contribution is 2.10. The average Bonchev–Trinajstić information content (AvgIpc) is 2.39. The Labute approximate surface area is 120 Å². The predicted molar refractivity (Wildman–Crippen MR) is 78.4 cm³/mol. The number of rotatable bonds is 7. The first-order chi connectivity index (χ1) is 9.52. The van der Waals surface area contributed by atoms with Crippen molar-refractivity contribution >= 4 is 11.9 Å². The summed E-state index contributed by atoms with van der Waals surface area (Å²) in [6.45, 7) is 6.26. The molecule has 0 aliphatic rings. The molecule has 0 heterocycles. The highest BCUT2D eigenvalue weighted by molar-refractivity contribution is 5.94. The Hall–Kier alpha value is -1.84. The summed E-state index contributed by atoms with van der Waals surface area (Å²) >= 11 is 0. The number of amides is 1. The van der Waals surface area contributed by atoms with Gasteiger partial charge in [0, 0.05) is 11.6 Å². The largest absolute Gasteiger partial charge is 0.466 e. The van der Waals surface area contributed by atoms with E-state index in [4.69, 9.17) is 4.74 Å². The molecule has 4 heteroatoms. The Morgan fingerprint density at radius 1 is 1.20 bits per heavy atom. The van der Waals surface area contributed by atoms with Crippen molar-refractivity contribution in [2.75, 3.05) is 6.61 Å². The van der Waals surface area contributed by atoms with Crippen LogP contribution >= 0.6 is 0 Å². The summed E-state index contributed by atoms with van der Waals surface area (Å²) in [7, 11) is 0. The summed E-state index contributed by atoms with van der Waals surface area (Å²) < 4.78 is 4.95. The first-order valence-electron chi connectivity index (χ1n) is 7.04. The lowest BCUT2D eigenvalue weighted by Gasteiger charge is -2.20. The Balaban J connectivity index is 2.64. The number of hydrogen-bond donors (Lipinski definition) is 1. The molecule has 0 aliphatic carbocycles. The lowest BCUT2D eigenvalue weighted by atomic mass is 10.0. The fourth-order valence-electron chi connectivity index (χ4n) is 2.04. The molecule has 0 spiro atoms. The van der Waals surface area contributed by atoms with Crippen molar-refractivity contribution in [1.82, 2.24) is 5.32 Å². The minimum Gasteiger partial charge on any atom is -0.466 e. The molecule has 4 nitrogen and oxygen atoms in total. The topological polar surface area (TPSA) is 55.4 Å². The molecule has 1 unspecified atom stereocenters. The fourth-order valence-corrected chi connectivity index (χ4v) is 2.04. The van der Waals surface area contributed by atoms with Crippen LogP contribution in [0, 0.1) is 5.92 Å². The number of carbonyl (C=O) groups excluding carboxylic acids is 2. The maximum atomic E-state index is 12.1. The highest BCUT2D eigenvalue weighted by Gasteiger charge is 2.19. The third kappa shape index (κ3) is 5.87. The minimum atomic E-state index is -0.272. The van der Waals surface area contributed by atoms with Gasteiger partial charge in [0.25, 0.3) is 5.91 Å². The van der Waals surface area contributed by atoms with Crippen LogP contribution < -0.4 is 5.32 Å². The molecule has 0 saturated carbocycles. The molecule has 0 aliphatic heterocycles. The highest BCUT2D eigenvalue weighted by atomic mass is 16.5. The summed E-state index contributed by atoms with van der Waals surface area (Å²) in [6.07, 6.45) is 0.960. The van der Waals surface area contributed by atoms with Gasteiger partial charge in [-0.15, -0.1) is 0 Å². The van der Waals surface area contributed by atoms with Crippen molar-refractivity contribution in [2.24, 2.45) is 5.92 Å². The molecule has 1 amide bonds. The van der Waals surface area contributed by atoms with Gasteiger partial charge in [0.15, 0.2) is 0 Å². The monoisotopic (exact) mass is 277 g/mol. The quantitative estimate of drug-likeness (QED) is 0.780. The molecule has 20 heavy (non-hydrogen) atoms. The molecule has 0 aromatic heterocycles. The van der Waals surface area contributed by atoms with E-state index in [1.807, 2.05) is 18.2 Å². The van der Waals surface area contributed by atoms with Crippen LogP contribution in [0.25, 0.3) is 0 Å². The Kier molecular flexibility index (Phi) is 6.77. The van der Waals surface area contributed by atoms with Crippen molar-refractivity contribution in [3.8, 4) is 0 Å². The van der Waals surface area contributed by atoms with E-state index in [9.17, 15) is 9.59 Å². The van der Waals surface area contributed by atoms with Gasteiger partial charge in [0.2, 0.25) is 0 Å². The number of carbonyl (C=O) groups is 2. The van der Waals surface area contributed by atoms with Gasteiger partial charge < -0.3 is 10.1 Å². The predicted octanol–water partition coefficient (Wildman–Crippen LogP) is 2.78. The van der Waals surface area contributed by atoms with Crippen molar-refractivity contribution < 1.29 is 14.3 Å². The number of ether oxygens (including phenoxy) is 1. The van der Waals surface area contributed by atoms with Gasteiger partial charge in [-0.1, -0.05) is 32.0 Å². The molecule has 1 N–H and O–H groups in total. The van der Waals surface area contributed by atoms with Gasteiger partial charge in [0.05, 0.1) is 13.0 Å². The van der Waals surface area contributed by atoms with E-state index in [1.54, 1.807) is 19.1 Å². The first kappa shape index (κ1) is 16.2. The van der Waals surface area contributed by atoms with Crippen LogP contribution in [-0.2, 0) is 9.53 Å². The lowest BCUT2D eigenvalue weighted by Crippen LogP contribution is -2.37. The summed E-state index contributed by atoms with van der Waals surface area (Å²) in [6, 6.07) is 8.82. The summed E-state index contributed by atoms with van der Waals surface area (Å²) in [5.74, 6) is -0.0300. The van der Waals surface area contributed by atoms with Crippen molar-refractivity contribution in [2.45, 2.75) is 39.7 Å². The summed E-state index contributed by atoms with van der Waals surface area (Å²) in [5.41, 5.74) is 0.602. The minimum absolute atomic E-state index is 0.152.